The van der Waals surface area contributed by atoms with Gasteiger partial charge in [-0.2, -0.15) is 0 Å². The molecule has 0 fully saturated rings. The Morgan fingerprint density at radius 3 is 1.50 bits per heavy atom. The summed E-state index contributed by atoms with van der Waals surface area (Å²) in [7, 11) is 0. The molecule has 0 aliphatic heterocycles. The van der Waals surface area contributed by atoms with Gasteiger partial charge in [-0.25, -0.2) is 0 Å². The Balaban J connectivity index is 2.42. The molecule has 7 heteroatoms. The van der Waals surface area contributed by atoms with E-state index in [2.05, 4.69) is 15.9 Å². The molecule has 0 atom stereocenters. The highest BCUT2D eigenvalue weighted by atomic mass is 79.9. The van der Waals surface area contributed by atoms with E-state index in [0.717, 1.165) is 11.1 Å². The molecular weight excluding hydrogens is 394 g/mol. The van der Waals surface area contributed by atoms with E-state index >= 15 is 0 Å². The van der Waals surface area contributed by atoms with Crippen molar-refractivity contribution in [3.63, 3.8) is 0 Å². The van der Waals surface area contributed by atoms with Gasteiger partial charge in [0.1, 0.15) is 0 Å². The number of thiophene rings is 2. The Morgan fingerprint density at radius 1 is 0.875 bits per heavy atom. The molecule has 0 aliphatic rings. The quantitative estimate of drug-likeness (QED) is 0.484. The summed E-state index contributed by atoms with van der Waals surface area (Å²) in [5.41, 5.74) is 1.82. The van der Waals surface area contributed by atoms with Gasteiger partial charge in [0.2, 0.25) is 0 Å². The van der Waals surface area contributed by atoms with Crippen molar-refractivity contribution in [1.29, 1.82) is 0 Å². The minimum Gasteiger partial charge on any atom is -0.111 e. The van der Waals surface area contributed by atoms with Crippen molar-refractivity contribution in [1.82, 2.24) is 0 Å². The van der Waals surface area contributed by atoms with E-state index in [1.807, 2.05) is 12.1 Å². The van der Waals surface area contributed by atoms with Crippen LogP contribution in [0.15, 0.2) is 12.1 Å². The molecule has 0 N–H and O–H groups in total. The minimum absolute atomic E-state index is 0.0833. The topological polar surface area (TPSA) is 0 Å². The van der Waals surface area contributed by atoms with Crippen molar-refractivity contribution in [2.24, 2.45) is 0 Å². The Hall–Kier alpha value is 1.04. The van der Waals surface area contributed by atoms with Crippen LogP contribution in [0.4, 0.5) is 0 Å². The van der Waals surface area contributed by atoms with Crippen molar-refractivity contribution in [3.8, 4) is 0 Å². The molecule has 2 heterocycles. The van der Waals surface area contributed by atoms with Crippen LogP contribution >= 0.6 is 85.0 Å². The molecule has 0 aromatic carbocycles. The molecule has 0 aliphatic carbocycles. The summed E-state index contributed by atoms with van der Waals surface area (Å²) >= 11 is 30.2. The van der Waals surface area contributed by atoms with Gasteiger partial charge in [-0.3, -0.25) is 0 Å². The summed E-state index contributed by atoms with van der Waals surface area (Å²) in [6.45, 7) is 0. The highest BCUT2D eigenvalue weighted by molar-refractivity contribution is 9.09. The summed E-state index contributed by atoms with van der Waals surface area (Å²) in [5, 5.41) is 0. The minimum atomic E-state index is -0.0833. The first-order valence-corrected chi connectivity index (χ1v) is 8.08. The summed E-state index contributed by atoms with van der Waals surface area (Å²) < 4.78 is 2.62. The molecule has 0 nitrogen and oxygen atoms in total. The van der Waals surface area contributed by atoms with Crippen molar-refractivity contribution in [3.05, 3.63) is 40.6 Å². The van der Waals surface area contributed by atoms with Crippen LogP contribution in [0.2, 0.25) is 17.3 Å². The van der Waals surface area contributed by atoms with Gasteiger partial charge in [-0.15, -0.1) is 22.7 Å². The molecule has 2 aromatic rings. The lowest BCUT2D eigenvalue weighted by Crippen LogP contribution is -1.89. The zero-order valence-electron chi connectivity index (χ0n) is 7.44. The fourth-order valence-electron chi connectivity index (χ4n) is 1.22. The van der Waals surface area contributed by atoms with Crippen LogP contribution in [0.3, 0.4) is 0 Å². The first-order valence-electron chi connectivity index (χ1n) is 4.02. The number of rotatable bonds is 2. The van der Waals surface area contributed by atoms with Gasteiger partial charge in [0.15, 0.2) is 0 Å². The second-order valence-electron chi connectivity index (χ2n) is 2.92. The second kappa shape index (κ2) is 5.35. The maximum absolute atomic E-state index is 6.08. The lowest BCUT2D eigenvalue weighted by molar-refractivity contribution is 1.21. The first kappa shape index (κ1) is 13.5. The molecule has 0 saturated heterocycles. The highest BCUT2D eigenvalue weighted by Crippen LogP contribution is 2.46. The van der Waals surface area contributed by atoms with Gasteiger partial charge in [0.25, 0.3) is 0 Å². The van der Waals surface area contributed by atoms with Gasteiger partial charge >= 0.3 is 0 Å². The van der Waals surface area contributed by atoms with Gasteiger partial charge in [-0.1, -0.05) is 62.3 Å². The predicted octanol–water partition coefficient (Wildman–Crippen LogP) is 6.91. The third-order valence-electron chi connectivity index (χ3n) is 1.91. The van der Waals surface area contributed by atoms with Crippen molar-refractivity contribution in [2.45, 2.75) is 4.83 Å². The Labute approximate surface area is 129 Å². The van der Waals surface area contributed by atoms with E-state index in [1.165, 1.54) is 22.7 Å². The van der Waals surface area contributed by atoms with Crippen LogP contribution in [0.1, 0.15) is 16.0 Å². The zero-order valence-corrected chi connectivity index (χ0v) is 13.7. The van der Waals surface area contributed by atoms with Crippen LogP contribution in [0.5, 0.6) is 0 Å². The van der Waals surface area contributed by atoms with E-state index in [4.69, 9.17) is 46.4 Å². The normalized spacial score (nSPS) is 11.4. The molecule has 86 valence electrons. The molecule has 2 aromatic heterocycles. The van der Waals surface area contributed by atoms with Gasteiger partial charge < -0.3 is 0 Å². The van der Waals surface area contributed by atoms with E-state index in [-0.39, 0.29) is 4.83 Å². The summed E-state index contributed by atoms with van der Waals surface area (Å²) in [4.78, 5) is -0.0833. The third kappa shape index (κ3) is 2.72. The van der Waals surface area contributed by atoms with Crippen LogP contribution in [-0.2, 0) is 0 Å². The third-order valence-corrected chi connectivity index (χ3v) is 5.93. The molecular formula is C9H3BrCl4S2. The van der Waals surface area contributed by atoms with Crippen molar-refractivity contribution >= 4 is 85.0 Å². The van der Waals surface area contributed by atoms with Crippen LogP contribution < -0.4 is 0 Å². The predicted molar refractivity (Wildman–Crippen MR) is 79.4 cm³/mol. The Morgan fingerprint density at radius 2 is 1.25 bits per heavy atom. The average molecular weight is 397 g/mol. The van der Waals surface area contributed by atoms with Crippen LogP contribution in [-0.4, -0.2) is 0 Å². The highest BCUT2D eigenvalue weighted by Gasteiger charge is 2.21. The molecule has 0 saturated carbocycles. The average Bonchev–Trinajstić information content (AvgIpc) is 2.68. The fourth-order valence-corrected chi connectivity index (χ4v) is 5.57. The smallest absolute Gasteiger partial charge is 0.0990 e. The van der Waals surface area contributed by atoms with Crippen LogP contribution in [0, 0.1) is 0 Å². The molecule has 0 amide bonds. The van der Waals surface area contributed by atoms with Crippen molar-refractivity contribution in [2.75, 3.05) is 0 Å². The molecule has 2 rings (SSSR count). The van der Waals surface area contributed by atoms with E-state index in [9.17, 15) is 0 Å². The lowest BCUT2D eigenvalue weighted by atomic mass is 10.1. The van der Waals surface area contributed by atoms with Gasteiger partial charge in [0.05, 0.1) is 22.2 Å². The van der Waals surface area contributed by atoms with Crippen molar-refractivity contribution < 1.29 is 0 Å². The number of hydrogen-bond acceptors (Lipinski definition) is 2. The van der Waals surface area contributed by atoms with Crippen LogP contribution in [0.25, 0.3) is 0 Å². The second-order valence-corrected chi connectivity index (χ2v) is 8.41. The summed E-state index contributed by atoms with van der Waals surface area (Å²) in [5.74, 6) is 0. The zero-order chi connectivity index (χ0) is 11.9. The first-order chi connectivity index (χ1) is 7.49. The monoisotopic (exact) mass is 394 g/mol. The van der Waals surface area contributed by atoms with Gasteiger partial charge in [0, 0.05) is 11.1 Å². The SMILES string of the molecule is Clc1cc(C(Br)c2cc(Cl)sc2Cl)c(Cl)s1. The maximum atomic E-state index is 6.08. The van der Waals surface area contributed by atoms with E-state index in [0.29, 0.717) is 17.3 Å². The summed E-state index contributed by atoms with van der Waals surface area (Å²) in [6, 6.07) is 3.66. The molecule has 0 radical (unpaired) electrons. The molecule has 0 spiro atoms. The lowest BCUT2D eigenvalue weighted by Gasteiger charge is -2.07. The Bertz CT molecular complexity index is 473. The number of hydrogen-bond donors (Lipinski definition) is 0. The molecule has 0 bridgehead atoms. The standard InChI is InChI=1S/C9H3BrCl4S2/c10-7(3-1-5(11)15-8(3)13)4-2-6(12)16-9(4)14/h1-2,7H. The fraction of sp³-hybridized carbons (Fsp3) is 0.111. The van der Waals surface area contributed by atoms with E-state index in [1.54, 1.807) is 0 Å². The number of alkyl halides is 1. The Kier molecular flexibility index (Phi) is 4.51. The molecule has 0 unspecified atom stereocenters. The van der Waals surface area contributed by atoms with Gasteiger partial charge in [-0.05, 0) is 12.1 Å². The number of halogens is 5. The maximum Gasteiger partial charge on any atom is 0.0990 e. The molecule has 16 heavy (non-hydrogen) atoms. The summed E-state index contributed by atoms with van der Waals surface area (Å²) in [6.07, 6.45) is 0. The van der Waals surface area contributed by atoms with E-state index < -0.39 is 0 Å². The largest absolute Gasteiger partial charge is 0.111 e.